The second-order valence-corrected chi connectivity index (χ2v) is 4.67. The maximum Gasteiger partial charge on any atom is 0.330 e. The molecule has 0 aromatic rings. The van der Waals surface area contributed by atoms with Crippen LogP contribution in [0.1, 0.15) is 33.1 Å². The van der Waals surface area contributed by atoms with Gasteiger partial charge in [0.25, 0.3) is 0 Å². The molecule has 1 unspecified atom stereocenters. The van der Waals surface area contributed by atoms with E-state index in [1.807, 2.05) is 0 Å². The van der Waals surface area contributed by atoms with Gasteiger partial charge in [-0.05, 0) is 30.3 Å². The molecule has 0 spiro atoms. The molecule has 1 fully saturated rings. The molecule has 14 heavy (non-hydrogen) atoms. The van der Waals surface area contributed by atoms with E-state index in [9.17, 15) is 4.79 Å². The van der Waals surface area contributed by atoms with E-state index in [2.05, 4.69) is 27.0 Å². The average molecular weight is 194 g/mol. The van der Waals surface area contributed by atoms with Crippen LogP contribution in [0.3, 0.4) is 0 Å². The third kappa shape index (κ3) is 2.72. The topological polar surface area (TPSA) is 26.3 Å². The molecule has 1 atom stereocenters. The van der Waals surface area contributed by atoms with Crippen molar-refractivity contribution in [3.05, 3.63) is 24.8 Å². The Balaban J connectivity index is 2.54. The van der Waals surface area contributed by atoms with Crippen LogP contribution in [-0.2, 0) is 9.53 Å². The molecule has 0 radical (unpaired) electrons. The molecule has 0 aromatic carbocycles. The van der Waals surface area contributed by atoms with Crippen LogP contribution in [0, 0.1) is 5.41 Å². The maximum atomic E-state index is 11.0. The van der Waals surface area contributed by atoms with Crippen LogP contribution in [0.15, 0.2) is 24.8 Å². The van der Waals surface area contributed by atoms with E-state index >= 15 is 0 Å². The first-order valence-corrected chi connectivity index (χ1v) is 4.95. The Hall–Kier alpha value is -1.05. The van der Waals surface area contributed by atoms with E-state index in [0.29, 0.717) is 5.41 Å². The number of rotatable bonds is 2. The summed E-state index contributed by atoms with van der Waals surface area (Å²) in [7, 11) is 0. The van der Waals surface area contributed by atoms with Crippen molar-refractivity contribution in [2.24, 2.45) is 5.41 Å². The van der Waals surface area contributed by atoms with Crippen molar-refractivity contribution in [3.8, 4) is 0 Å². The zero-order valence-corrected chi connectivity index (χ0v) is 9.01. The van der Waals surface area contributed by atoms with Crippen LogP contribution >= 0.6 is 0 Å². The van der Waals surface area contributed by atoms with Gasteiger partial charge in [0, 0.05) is 6.08 Å². The van der Waals surface area contributed by atoms with Gasteiger partial charge in [-0.3, -0.25) is 0 Å². The summed E-state index contributed by atoms with van der Waals surface area (Å²) in [5, 5.41) is 0. The highest BCUT2D eigenvalue weighted by atomic mass is 16.5. The van der Waals surface area contributed by atoms with Gasteiger partial charge < -0.3 is 4.74 Å². The van der Waals surface area contributed by atoms with Gasteiger partial charge in [-0.25, -0.2) is 4.79 Å². The molecule has 2 heteroatoms. The lowest BCUT2D eigenvalue weighted by Crippen LogP contribution is -2.29. The largest absolute Gasteiger partial charge is 0.455 e. The van der Waals surface area contributed by atoms with Gasteiger partial charge in [0.1, 0.15) is 6.10 Å². The summed E-state index contributed by atoms with van der Waals surface area (Å²) in [6.07, 6.45) is 3.98. The minimum atomic E-state index is -0.351. The van der Waals surface area contributed by atoms with E-state index in [0.717, 1.165) is 24.8 Å². The number of hydrogen-bond donors (Lipinski definition) is 0. The third-order valence-electron chi connectivity index (χ3n) is 2.67. The smallest absolute Gasteiger partial charge is 0.330 e. The van der Waals surface area contributed by atoms with Gasteiger partial charge in [0.2, 0.25) is 0 Å². The van der Waals surface area contributed by atoms with Crippen molar-refractivity contribution in [2.45, 2.75) is 39.2 Å². The monoisotopic (exact) mass is 194 g/mol. The van der Waals surface area contributed by atoms with Crippen molar-refractivity contribution >= 4 is 5.97 Å². The molecule has 1 aliphatic rings. The Morgan fingerprint density at radius 2 is 2.29 bits per heavy atom. The van der Waals surface area contributed by atoms with Gasteiger partial charge in [-0.15, -0.1) is 0 Å². The summed E-state index contributed by atoms with van der Waals surface area (Å²) >= 11 is 0. The van der Waals surface area contributed by atoms with E-state index in [1.54, 1.807) is 0 Å². The molecule has 0 saturated heterocycles. The van der Waals surface area contributed by atoms with Crippen molar-refractivity contribution in [3.63, 3.8) is 0 Å². The number of carbonyl (C=O) groups is 1. The minimum absolute atomic E-state index is 0.103. The number of esters is 1. The molecular weight excluding hydrogens is 176 g/mol. The van der Waals surface area contributed by atoms with Gasteiger partial charge >= 0.3 is 5.97 Å². The standard InChI is InChI=1S/C12H18O2/c1-5-11(13)14-10-6-7-12(3,4)8-9(10)2/h5,10H,1-2,6-8H2,3-4H3. The summed E-state index contributed by atoms with van der Waals surface area (Å²) in [4.78, 5) is 11.0. The average Bonchev–Trinajstić information content (AvgIpc) is 2.09. The van der Waals surface area contributed by atoms with Gasteiger partial charge in [0.15, 0.2) is 0 Å². The molecule has 1 saturated carbocycles. The SMILES string of the molecule is C=CC(=O)OC1CCC(C)(C)CC1=C. The Bertz CT molecular complexity index is 263. The molecule has 0 heterocycles. The van der Waals surface area contributed by atoms with Crippen molar-refractivity contribution in [1.29, 1.82) is 0 Å². The molecule has 1 rings (SSSR count). The van der Waals surface area contributed by atoms with Crippen LogP contribution < -0.4 is 0 Å². The number of carbonyl (C=O) groups excluding carboxylic acids is 1. The Kier molecular flexibility index (Phi) is 3.14. The first kappa shape index (κ1) is 11.0. The molecule has 78 valence electrons. The fourth-order valence-corrected chi connectivity index (χ4v) is 1.87. The molecule has 1 aliphatic carbocycles. The quantitative estimate of drug-likeness (QED) is 0.384. The van der Waals surface area contributed by atoms with Gasteiger partial charge in [0.05, 0.1) is 0 Å². The summed E-state index contributed by atoms with van der Waals surface area (Å²) in [5.74, 6) is -0.351. The first-order chi connectivity index (χ1) is 6.44. The molecule has 0 bridgehead atoms. The van der Waals surface area contributed by atoms with Crippen LogP contribution in [0.4, 0.5) is 0 Å². The van der Waals surface area contributed by atoms with E-state index < -0.39 is 0 Å². The number of ether oxygens (including phenoxy) is 1. The number of hydrogen-bond acceptors (Lipinski definition) is 2. The maximum absolute atomic E-state index is 11.0. The molecule has 0 aromatic heterocycles. The van der Waals surface area contributed by atoms with Crippen molar-refractivity contribution < 1.29 is 9.53 Å². The zero-order valence-electron chi connectivity index (χ0n) is 9.01. The molecule has 0 N–H and O–H groups in total. The lowest BCUT2D eigenvalue weighted by molar-refractivity contribution is -0.142. The lowest BCUT2D eigenvalue weighted by atomic mass is 9.74. The Labute approximate surface area is 85.6 Å². The lowest BCUT2D eigenvalue weighted by Gasteiger charge is -2.35. The van der Waals surface area contributed by atoms with Crippen LogP contribution in [0.2, 0.25) is 0 Å². The highest BCUT2D eigenvalue weighted by molar-refractivity contribution is 5.81. The van der Waals surface area contributed by atoms with Gasteiger partial charge in [-0.2, -0.15) is 0 Å². The highest BCUT2D eigenvalue weighted by Crippen LogP contribution is 2.38. The molecule has 2 nitrogen and oxygen atoms in total. The summed E-state index contributed by atoms with van der Waals surface area (Å²) in [6, 6.07) is 0. The molecule has 0 amide bonds. The van der Waals surface area contributed by atoms with Crippen molar-refractivity contribution in [2.75, 3.05) is 0 Å². The highest BCUT2D eigenvalue weighted by Gasteiger charge is 2.31. The normalized spacial score (nSPS) is 25.6. The van der Waals surface area contributed by atoms with E-state index in [4.69, 9.17) is 4.74 Å². The van der Waals surface area contributed by atoms with Gasteiger partial charge in [-0.1, -0.05) is 27.0 Å². The molecular formula is C12H18O2. The summed E-state index contributed by atoms with van der Waals surface area (Å²) in [6.45, 7) is 11.8. The first-order valence-electron chi connectivity index (χ1n) is 4.95. The van der Waals surface area contributed by atoms with E-state index in [-0.39, 0.29) is 12.1 Å². The second-order valence-electron chi connectivity index (χ2n) is 4.67. The Morgan fingerprint density at radius 3 is 2.79 bits per heavy atom. The van der Waals surface area contributed by atoms with Crippen LogP contribution in [0.25, 0.3) is 0 Å². The Morgan fingerprint density at radius 1 is 1.64 bits per heavy atom. The predicted octanol–water partition coefficient (Wildman–Crippen LogP) is 2.85. The summed E-state index contributed by atoms with van der Waals surface area (Å²) < 4.78 is 5.19. The zero-order chi connectivity index (χ0) is 10.8. The van der Waals surface area contributed by atoms with E-state index in [1.165, 1.54) is 6.08 Å². The second kappa shape index (κ2) is 3.99. The summed E-state index contributed by atoms with van der Waals surface area (Å²) in [5.41, 5.74) is 1.32. The molecule has 0 aliphatic heterocycles. The fourth-order valence-electron chi connectivity index (χ4n) is 1.87. The van der Waals surface area contributed by atoms with Crippen LogP contribution in [-0.4, -0.2) is 12.1 Å². The van der Waals surface area contributed by atoms with Crippen molar-refractivity contribution in [1.82, 2.24) is 0 Å². The van der Waals surface area contributed by atoms with Crippen LogP contribution in [0.5, 0.6) is 0 Å². The minimum Gasteiger partial charge on any atom is -0.455 e. The fraction of sp³-hybridized carbons (Fsp3) is 0.583. The predicted molar refractivity (Wildman–Crippen MR) is 56.8 cm³/mol. The third-order valence-corrected chi connectivity index (χ3v) is 2.67.